The Bertz CT molecular complexity index is 1120. The molecule has 1 amide bonds. The van der Waals surface area contributed by atoms with Gasteiger partial charge in [-0.05, 0) is 61.6 Å². The number of nitrogens with zero attached hydrogens (tertiary/aromatic N) is 3. The number of anilines is 1. The van der Waals surface area contributed by atoms with Gasteiger partial charge in [0.05, 0.1) is 12.8 Å². The van der Waals surface area contributed by atoms with E-state index in [4.69, 9.17) is 4.74 Å². The van der Waals surface area contributed by atoms with Gasteiger partial charge in [0.2, 0.25) is 5.91 Å². The van der Waals surface area contributed by atoms with Crippen molar-refractivity contribution in [2.45, 2.75) is 32.2 Å². The first-order valence-corrected chi connectivity index (χ1v) is 11.5. The number of benzene rings is 2. The Hall–Kier alpha value is -3.61. The summed E-state index contributed by atoms with van der Waals surface area (Å²) in [6.45, 7) is 2.56. The van der Waals surface area contributed by atoms with Crippen molar-refractivity contribution >= 4 is 11.6 Å². The van der Waals surface area contributed by atoms with E-state index in [0.29, 0.717) is 18.7 Å². The molecule has 0 aliphatic carbocycles. The van der Waals surface area contributed by atoms with E-state index in [-0.39, 0.29) is 18.0 Å². The van der Waals surface area contributed by atoms with E-state index in [9.17, 15) is 9.59 Å². The van der Waals surface area contributed by atoms with Crippen molar-refractivity contribution in [3.8, 4) is 17.0 Å². The van der Waals surface area contributed by atoms with Crippen LogP contribution >= 0.6 is 0 Å². The van der Waals surface area contributed by atoms with E-state index in [1.807, 2.05) is 36.4 Å². The van der Waals surface area contributed by atoms with Crippen molar-refractivity contribution in [3.05, 3.63) is 76.6 Å². The lowest BCUT2D eigenvalue weighted by Crippen LogP contribution is -2.34. The van der Waals surface area contributed by atoms with Crippen LogP contribution in [0.3, 0.4) is 0 Å². The second kappa shape index (κ2) is 10.8. The molecule has 1 aromatic heterocycles. The fraction of sp³-hybridized carbons (Fsp3) is 0.346. The van der Waals surface area contributed by atoms with Gasteiger partial charge in [-0.2, -0.15) is 5.10 Å². The smallest absolute Gasteiger partial charge is 0.267 e. The summed E-state index contributed by atoms with van der Waals surface area (Å²) >= 11 is 0. The lowest BCUT2D eigenvalue weighted by atomic mass is 10.1. The van der Waals surface area contributed by atoms with Crippen LogP contribution in [0.25, 0.3) is 11.3 Å². The molecule has 1 aliphatic rings. The van der Waals surface area contributed by atoms with Crippen molar-refractivity contribution in [2.24, 2.45) is 0 Å². The summed E-state index contributed by atoms with van der Waals surface area (Å²) in [5.74, 6) is 0.560. The van der Waals surface area contributed by atoms with Crippen molar-refractivity contribution in [3.63, 3.8) is 0 Å². The highest BCUT2D eigenvalue weighted by Gasteiger charge is 2.12. The molecule has 0 bridgehead atoms. The topological polar surface area (TPSA) is 76.5 Å². The number of piperidine rings is 1. The lowest BCUT2D eigenvalue weighted by Gasteiger charge is -2.28. The molecular formula is C26H30N4O3. The number of aromatic nitrogens is 2. The molecule has 172 valence electrons. The Labute approximate surface area is 194 Å². The third-order valence-corrected chi connectivity index (χ3v) is 5.94. The minimum atomic E-state index is -0.297. The molecule has 0 spiro atoms. The van der Waals surface area contributed by atoms with Gasteiger partial charge in [0.1, 0.15) is 12.3 Å². The van der Waals surface area contributed by atoms with Crippen molar-refractivity contribution in [1.29, 1.82) is 0 Å². The van der Waals surface area contributed by atoms with Crippen molar-refractivity contribution in [2.75, 3.05) is 31.6 Å². The molecule has 1 saturated heterocycles. The predicted molar refractivity (Wildman–Crippen MR) is 130 cm³/mol. The number of hydrogen-bond donors (Lipinski definition) is 1. The fourth-order valence-corrected chi connectivity index (χ4v) is 4.04. The third kappa shape index (κ3) is 6.00. The first-order chi connectivity index (χ1) is 16.1. The quantitative estimate of drug-likeness (QED) is 0.575. The number of carbonyl (C=O) groups excluding carboxylic acids is 1. The van der Waals surface area contributed by atoms with Crippen LogP contribution in [0.4, 0.5) is 5.69 Å². The van der Waals surface area contributed by atoms with Gasteiger partial charge in [-0.3, -0.25) is 9.59 Å². The van der Waals surface area contributed by atoms with E-state index in [2.05, 4.69) is 27.4 Å². The van der Waals surface area contributed by atoms with Gasteiger partial charge in [-0.15, -0.1) is 0 Å². The predicted octanol–water partition coefficient (Wildman–Crippen LogP) is 3.27. The number of amides is 1. The zero-order valence-electron chi connectivity index (χ0n) is 19.0. The van der Waals surface area contributed by atoms with Gasteiger partial charge in [0.15, 0.2) is 0 Å². The Balaban J connectivity index is 1.35. The summed E-state index contributed by atoms with van der Waals surface area (Å²) in [6.07, 6.45) is 4.46. The van der Waals surface area contributed by atoms with Crippen molar-refractivity contribution in [1.82, 2.24) is 15.1 Å². The van der Waals surface area contributed by atoms with E-state index in [0.717, 1.165) is 30.0 Å². The molecule has 3 aromatic rings. The molecule has 7 heteroatoms. The average Bonchev–Trinajstić information content (AvgIpc) is 2.86. The van der Waals surface area contributed by atoms with Gasteiger partial charge in [-0.25, -0.2) is 4.68 Å². The highest BCUT2D eigenvalue weighted by molar-refractivity contribution is 5.75. The molecule has 0 unspecified atom stereocenters. The van der Waals surface area contributed by atoms with Crippen LogP contribution in [0.15, 0.2) is 65.5 Å². The van der Waals surface area contributed by atoms with Gasteiger partial charge < -0.3 is 15.0 Å². The van der Waals surface area contributed by atoms with E-state index in [1.165, 1.54) is 35.7 Å². The molecular weight excluding hydrogens is 416 g/mol. The summed E-state index contributed by atoms with van der Waals surface area (Å²) in [5.41, 5.74) is 3.61. The molecule has 4 rings (SSSR count). The standard InChI is InChI=1S/C26H30N4O3/c1-33-23-11-5-20(6-12-23)15-16-27-25(31)19-30-26(32)14-13-24(28-30)21-7-9-22(10-8-21)29-17-3-2-4-18-29/h5-14H,2-4,15-19H2,1H3,(H,27,31). The first kappa shape index (κ1) is 22.6. The summed E-state index contributed by atoms with van der Waals surface area (Å²) in [7, 11) is 1.63. The molecule has 1 N–H and O–H groups in total. The molecule has 0 saturated carbocycles. The van der Waals surface area contributed by atoms with Gasteiger partial charge in [-0.1, -0.05) is 24.3 Å². The zero-order chi connectivity index (χ0) is 23.0. The SMILES string of the molecule is COc1ccc(CCNC(=O)Cn2nc(-c3ccc(N4CCCCC4)cc3)ccc2=O)cc1. The molecule has 0 atom stereocenters. The molecule has 33 heavy (non-hydrogen) atoms. The molecule has 1 aliphatic heterocycles. The van der Waals surface area contributed by atoms with E-state index < -0.39 is 0 Å². The Kier molecular flexibility index (Phi) is 7.40. The fourth-order valence-electron chi connectivity index (χ4n) is 4.04. The van der Waals surface area contributed by atoms with Crippen LogP contribution in [0.5, 0.6) is 5.75 Å². The number of carbonyl (C=O) groups is 1. The molecule has 2 aromatic carbocycles. The first-order valence-electron chi connectivity index (χ1n) is 11.5. The summed E-state index contributed by atoms with van der Waals surface area (Å²) in [6, 6.07) is 19.1. The van der Waals surface area contributed by atoms with Crippen LogP contribution in [0.2, 0.25) is 0 Å². The number of methoxy groups -OCH3 is 1. The highest BCUT2D eigenvalue weighted by Crippen LogP contribution is 2.23. The average molecular weight is 447 g/mol. The summed E-state index contributed by atoms with van der Waals surface area (Å²) < 4.78 is 6.37. The van der Waals surface area contributed by atoms with Crippen molar-refractivity contribution < 1.29 is 9.53 Å². The van der Waals surface area contributed by atoms with E-state index >= 15 is 0 Å². The summed E-state index contributed by atoms with van der Waals surface area (Å²) in [5, 5.41) is 7.29. The summed E-state index contributed by atoms with van der Waals surface area (Å²) in [4.78, 5) is 27.0. The van der Waals surface area contributed by atoms with Crippen LogP contribution in [0, 0.1) is 0 Å². The normalized spacial score (nSPS) is 13.5. The maximum atomic E-state index is 12.4. The Morgan fingerprint density at radius 1 is 0.970 bits per heavy atom. The number of ether oxygens (including phenoxy) is 1. The number of hydrogen-bond acceptors (Lipinski definition) is 5. The van der Waals surface area contributed by atoms with Crippen LogP contribution in [-0.4, -0.2) is 42.4 Å². The van der Waals surface area contributed by atoms with Crippen LogP contribution in [-0.2, 0) is 17.8 Å². The largest absolute Gasteiger partial charge is 0.497 e. The zero-order valence-corrected chi connectivity index (χ0v) is 19.0. The second-order valence-electron chi connectivity index (χ2n) is 8.26. The third-order valence-electron chi connectivity index (χ3n) is 5.94. The van der Waals surface area contributed by atoms with Gasteiger partial charge >= 0.3 is 0 Å². The minimum absolute atomic E-state index is 0.110. The Morgan fingerprint density at radius 2 is 1.70 bits per heavy atom. The maximum Gasteiger partial charge on any atom is 0.267 e. The molecule has 1 fully saturated rings. The number of rotatable bonds is 8. The maximum absolute atomic E-state index is 12.4. The molecule has 2 heterocycles. The van der Waals surface area contributed by atoms with Crippen LogP contribution < -0.4 is 20.5 Å². The van der Waals surface area contributed by atoms with Crippen LogP contribution in [0.1, 0.15) is 24.8 Å². The molecule has 7 nitrogen and oxygen atoms in total. The monoisotopic (exact) mass is 446 g/mol. The van der Waals surface area contributed by atoms with E-state index in [1.54, 1.807) is 13.2 Å². The minimum Gasteiger partial charge on any atom is -0.497 e. The number of nitrogens with one attached hydrogen (secondary N) is 1. The Morgan fingerprint density at radius 3 is 2.39 bits per heavy atom. The van der Waals surface area contributed by atoms with Gasteiger partial charge in [0, 0.05) is 37.0 Å². The second-order valence-corrected chi connectivity index (χ2v) is 8.26. The van der Waals surface area contributed by atoms with Gasteiger partial charge in [0.25, 0.3) is 5.56 Å². The highest BCUT2D eigenvalue weighted by atomic mass is 16.5. The lowest BCUT2D eigenvalue weighted by molar-refractivity contribution is -0.121. The molecule has 0 radical (unpaired) electrons.